The molecule has 1 fully saturated rings. The number of rotatable bonds is 10. The molecule has 0 bridgehead atoms. The van der Waals surface area contributed by atoms with Crippen LogP contribution in [0.2, 0.25) is 0 Å². The van der Waals surface area contributed by atoms with Gasteiger partial charge >= 0.3 is 0 Å². The summed E-state index contributed by atoms with van der Waals surface area (Å²) in [6, 6.07) is 18.2. The molecule has 0 saturated heterocycles. The Bertz CT molecular complexity index is 778. The molecule has 1 saturated carbocycles. The molecule has 0 spiro atoms. The molecule has 0 aromatic heterocycles. The third-order valence-corrected chi connectivity index (χ3v) is 6.79. The van der Waals surface area contributed by atoms with E-state index >= 15 is 0 Å². The van der Waals surface area contributed by atoms with Crippen molar-refractivity contribution in [2.24, 2.45) is 4.99 Å². The molecule has 154 valence electrons. The van der Waals surface area contributed by atoms with Crippen LogP contribution in [0, 0.1) is 0 Å². The Morgan fingerprint density at radius 3 is 2.10 bits per heavy atom. The van der Waals surface area contributed by atoms with Gasteiger partial charge in [0, 0.05) is 0 Å². The van der Waals surface area contributed by atoms with Gasteiger partial charge in [-0.3, -0.25) is 0 Å². The Hall–Kier alpha value is -1.76. The lowest BCUT2D eigenvalue weighted by Gasteiger charge is -2.38. The third kappa shape index (κ3) is 6.36. The highest BCUT2D eigenvalue weighted by Crippen LogP contribution is 2.43. The zero-order chi connectivity index (χ0) is 20.4. The maximum atomic E-state index is 4.74. The number of benzene rings is 2. The van der Waals surface area contributed by atoms with E-state index in [1.807, 2.05) is 0 Å². The topological polar surface area (TPSA) is 12.4 Å². The number of aryl methyl sites for hydroxylation is 2. The molecular formula is C27H35NS. The highest BCUT2D eigenvalue weighted by atomic mass is 32.1. The molecular weight excluding hydrogens is 370 g/mol. The fourth-order valence-corrected chi connectivity index (χ4v) is 4.97. The maximum Gasteiger partial charge on any atom is 0.0739 e. The van der Waals surface area contributed by atoms with Crippen LogP contribution in [0.5, 0.6) is 0 Å². The van der Waals surface area contributed by atoms with E-state index in [0.29, 0.717) is 5.41 Å². The van der Waals surface area contributed by atoms with Crippen LogP contribution >= 0.6 is 12.2 Å². The largest absolute Gasteiger partial charge is 0.195 e. The van der Waals surface area contributed by atoms with Gasteiger partial charge in [-0.15, -0.1) is 0 Å². The third-order valence-electron chi connectivity index (χ3n) is 6.70. The number of unbranched alkanes of at least 4 members (excludes halogenated alkanes) is 3. The molecule has 2 aromatic rings. The maximum absolute atomic E-state index is 4.74. The Morgan fingerprint density at radius 2 is 1.48 bits per heavy atom. The fraction of sp³-hybridized carbons (Fsp3) is 0.519. The summed E-state index contributed by atoms with van der Waals surface area (Å²) in [7, 11) is 0. The number of isothiocyanates is 1. The summed E-state index contributed by atoms with van der Waals surface area (Å²) in [6.45, 7) is 2.27. The first-order chi connectivity index (χ1) is 14.3. The van der Waals surface area contributed by atoms with Gasteiger partial charge in [0.1, 0.15) is 0 Å². The number of hydrogen-bond donors (Lipinski definition) is 0. The molecule has 0 atom stereocenters. The van der Waals surface area contributed by atoms with Crippen molar-refractivity contribution in [3.8, 4) is 0 Å². The van der Waals surface area contributed by atoms with Gasteiger partial charge in [0.15, 0.2) is 0 Å². The van der Waals surface area contributed by atoms with Crippen molar-refractivity contribution in [2.75, 3.05) is 0 Å². The van der Waals surface area contributed by atoms with Gasteiger partial charge in [0.25, 0.3) is 0 Å². The summed E-state index contributed by atoms with van der Waals surface area (Å²) in [4.78, 5) is 4.11. The van der Waals surface area contributed by atoms with E-state index in [0.717, 1.165) is 12.1 Å². The zero-order valence-electron chi connectivity index (χ0n) is 18.0. The number of thiocarbonyl (C=S) groups is 1. The Balaban J connectivity index is 1.64. The lowest BCUT2D eigenvalue weighted by Crippen LogP contribution is -2.29. The molecule has 0 amide bonds. The summed E-state index contributed by atoms with van der Waals surface area (Å²) in [5.74, 6) is 0. The lowest BCUT2D eigenvalue weighted by atomic mass is 9.66. The zero-order valence-corrected chi connectivity index (χ0v) is 18.8. The molecule has 29 heavy (non-hydrogen) atoms. The van der Waals surface area contributed by atoms with Crippen molar-refractivity contribution in [3.63, 3.8) is 0 Å². The monoisotopic (exact) mass is 405 g/mol. The second kappa shape index (κ2) is 11.4. The minimum absolute atomic E-state index is 0.316. The summed E-state index contributed by atoms with van der Waals surface area (Å²) in [6.07, 6.45) is 15.6. The second-order valence-corrected chi connectivity index (χ2v) is 8.90. The van der Waals surface area contributed by atoms with Crippen LogP contribution < -0.4 is 0 Å². The van der Waals surface area contributed by atoms with Crippen molar-refractivity contribution in [2.45, 2.75) is 89.4 Å². The highest BCUT2D eigenvalue weighted by molar-refractivity contribution is 7.78. The van der Waals surface area contributed by atoms with Crippen molar-refractivity contribution in [1.29, 1.82) is 0 Å². The molecule has 1 aliphatic rings. The average Bonchev–Trinajstić information content (AvgIpc) is 2.77. The normalized spacial score (nSPS) is 15.6. The standard InChI is InChI=1S/C27H35NS/c1-2-3-4-6-9-23-10-12-24(13-11-23)18-21-27(19-7-5-8-20-27)25-14-16-26(17-15-25)28-22-29/h10-17H,2-9,18-21H2,1H3. The van der Waals surface area contributed by atoms with Gasteiger partial charge in [-0.1, -0.05) is 81.8 Å². The molecule has 0 heterocycles. The van der Waals surface area contributed by atoms with E-state index in [-0.39, 0.29) is 0 Å². The van der Waals surface area contributed by atoms with E-state index in [4.69, 9.17) is 12.2 Å². The minimum atomic E-state index is 0.316. The van der Waals surface area contributed by atoms with Gasteiger partial charge in [-0.25, -0.2) is 0 Å². The Morgan fingerprint density at radius 1 is 0.828 bits per heavy atom. The van der Waals surface area contributed by atoms with E-state index < -0.39 is 0 Å². The predicted molar refractivity (Wildman–Crippen MR) is 129 cm³/mol. The molecule has 0 N–H and O–H groups in total. The SMILES string of the molecule is CCCCCCc1ccc(CCC2(c3ccc(N=C=S)cc3)CCCCC2)cc1. The predicted octanol–water partition coefficient (Wildman–Crippen LogP) is 8.38. The molecule has 0 radical (unpaired) electrons. The van der Waals surface area contributed by atoms with Crippen LogP contribution in [0.3, 0.4) is 0 Å². The van der Waals surface area contributed by atoms with Crippen molar-refractivity contribution >= 4 is 23.1 Å². The molecule has 3 rings (SSSR count). The molecule has 0 unspecified atom stereocenters. The van der Waals surface area contributed by atoms with E-state index in [1.54, 1.807) is 0 Å². The molecule has 2 aromatic carbocycles. The minimum Gasteiger partial charge on any atom is -0.195 e. The molecule has 0 aliphatic heterocycles. The van der Waals surface area contributed by atoms with Crippen molar-refractivity contribution < 1.29 is 0 Å². The quantitative estimate of drug-likeness (QED) is 0.220. The Labute approximate surface area is 182 Å². The smallest absolute Gasteiger partial charge is 0.0739 e. The first kappa shape index (κ1) is 21.9. The summed E-state index contributed by atoms with van der Waals surface area (Å²) in [5.41, 5.74) is 5.68. The van der Waals surface area contributed by atoms with E-state index in [1.165, 1.54) is 87.3 Å². The molecule has 1 nitrogen and oxygen atoms in total. The van der Waals surface area contributed by atoms with E-state index in [9.17, 15) is 0 Å². The van der Waals surface area contributed by atoms with Crippen LogP contribution in [-0.4, -0.2) is 5.16 Å². The summed E-state index contributed by atoms with van der Waals surface area (Å²) < 4.78 is 0. The fourth-order valence-electron chi connectivity index (χ4n) is 4.87. The average molecular weight is 406 g/mol. The van der Waals surface area contributed by atoms with Gasteiger partial charge in [0.2, 0.25) is 0 Å². The van der Waals surface area contributed by atoms with Gasteiger partial charge in [0.05, 0.1) is 10.8 Å². The summed E-state index contributed by atoms with van der Waals surface area (Å²) >= 11 is 4.74. The lowest BCUT2D eigenvalue weighted by molar-refractivity contribution is 0.274. The number of nitrogens with zero attached hydrogens (tertiary/aromatic N) is 1. The highest BCUT2D eigenvalue weighted by Gasteiger charge is 2.33. The van der Waals surface area contributed by atoms with Gasteiger partial charge in [-0.2, -0.15) is 4.99 Å². The van der Waals surface area contributed by atoms with Crippen molar-refractivity contribution in [3.05, 3.63) is 65.2 Å². The first-order valence-electron chi connectivity index (χ1n) is 11.5. The van der Waals surface area contributed by atoms with Gasteiger partial charge < -0.3 is 0 Å². The van der Waals surface area contributed by atoms with Crippen molar-refractivity contribution in [1.82, 2.24) is 0 Å². The van der Waals surface area contributed by atoms with E-state index in [2.05, 4.69) is 65.6 Å². The number of aliphatic imine (C=N–C) groups is 1. The first-order valence-corrected chi connectivity index (χ1v) is 11.9. The second-order valence-electron chi connectivity index (χ2n) is 8.72. The number of hydrogen-bond acceptors (Lipinski definition) is 2. The van der Waals surface area contributed by atoms with Crippen LogP contribution in [0.15, 0.2) is 53.5 Å². The van der Waals surface area contributed by atoms with Crippen LogP contribution in [-0.2, 0) is 18.3 Å². The summed E-state index contributed by atoms with van der Waals surface area (Å²) in [5, 5.41) is 2.47. The van der Waals surface area contributed by atoms with Crippen LogP contribution in [0.4, 0.5) is 5.69 Å². The van der Waals surface area contributed by atoms with Crippen LogP contribution in [0.25, 0.3) is 0 Å². The molecule has 1 aliphatic carbocycles. The van der Waals surface area contributed by atoms with Crippen LogP contribution in [0.1, 0.15) is 87.8 Å². The Kier molecular flexibility index (Phi) is 8.65. The van der Waals surface area contributed by atoms with Gasteiger partial charge in [-0.05, 0) is 85.0 Å². The molecule has 2 heteroatoms.